The minimum Gasteiger partial charge on any atom is -0.492 e. The number of rotatable bonds is 3. The summed E-state index contributed by atoms with van der Waals surface area (Å²) in [5.41, 5.74) is 2.76. The predicted molar refractivity (Wildman–Crippen MR) is 76.6 cm³/mol. The highest BCUT2D eigenvalue weighted by molar-refractivity contribution is 6.32. The fraction of sp³-hybridized carbons (Fsp3) is 0.467. The Balaban J connectivity index is 2.17. The molecule has 1 atom stereocenters. The highest BCUT2D eigenvalue weighted by atomic mass is 35.5. The number of nitrogens with one attached hydrogen (secondary N) is 1. The first kappa shape index (κ1) is 14.2. The highest BCUT2D eigenvalue weighted by Crippen LogP contribution is 2.42. The van der Waals surface area contributed by atoms with E-state index >= 15 is 0 Å². The zero-order chi connectivity index (χ0) is 15.0. The maximum absolute atomic E-state index is 12.0. The molecule has 0 radical (unpaired) electrons. The molecule has 112 valence electrons. The van der Waals surface area contributed by atoms with Gasteiger partial charge in [-0.3, -0.25) is 10.1 Å². The summed E-state index contributed by atoms with van der Waals surface area (Å²) in [6.45, 7) is 2.27. The van der Waals surface area contributed by atoms with E-state index in [0.29, 0.717) is 22.9 Å². The molecule has 1 heterocycles. The zero-order valence-electron chi connectivity index (χ0n) is 11.7. The molecule has 1 fully saturated rings. The Bertz CT molecular complexity index is 614. The molecule has 2 amide bonds. The van der Waals surface area contributed by atoms with Gasteiger partial charge in [-0.05, 0) is 49.8 Å². The number of halogens is 1. The number of hydrogen-bond acceptors (Lipinski definition) is 4. The molecule has 1 aromatic carbocycles. The Morgan fingerprint density at radius 1 is 1.38 bits per heavy atom. The van der Waals surface area contributed by atoms with E-state index in [0.717, 1.165) is 36.8 Å². The van der Waals surface area contributed by atoms with Gasteiger partial charge in [0, 0.05) is 5.56 Å². The quantitative estimate of drug-likeness (QED) is 0.932. The van der Waals surface area contributed by atoms with E-state index in [1.54, 1.807) is 0 Å². The summed E-state index contributed by atoms with van der Waals surface area (Å²) in [6.07, 6.45) is 2.18. The topological polar surface area (TPSA) is 64.6 Å². The number of imide groups is 1. The highest BCUT2D eigenvalue weighted by Gasteiger charge is 2.39. The van der Waals surface area contributed by atoms with Crippen molar-refractivity contribution in [1.82, 2.24) is 5.32 Å². The molecule has 2 aliphatic rings. The third-order valence-electron chi connectivity index (χ3n) is 3.84. The van der Waals surface area contributed by atoms with Crippen LogP contribution in [0.5, 0.6) is 5.75 Å². The number of alkyl carbamates (subject to hydrolysis) is 1. The lowest BCUT2D eigenvalue weighted by Gasteiger charge is -2.24. The number of amides is 2. The number of benzene rings is 1. The molecule has 21 heavy (non-hydrogen) atoms. The lowest BCUT2D eigenvalue weighted by molar-refractivity contribution is -0.123. The van der Waals surface area contributed by atoms with Gasteiger partial charge in [0.2, 0.25) is 6.10 Å². The van der Waals surface area contributed by atoms with E-state index in [-0.39, 0.29) is 0 Å². The van der Waals surface area contributed by atoms with Gasteiger partial charge in [-0.1, -0.05) is 11.6 Å². The van der Waals surface area contributed by atoms with Crippen molar-refractivity contribution in [2.45, 2.75) is 38.7 Å². The van der Waals surface area contributed by atoms with E-state index in [1.807, 2.05) is 13.0 Å². The van der Waals surface area contributed by atoms with Crippen LogP contribution in [0.15, 0.2) is 6.07 Å². The summed E-state index contributed by atoms with van der Waals surface area (Å²) in [7, 11) is 0. The Kier molecular flexibility index (Phi) is 3.76. The van der Waals surface area contributed by atoms with Crippen molar-refractivity contribution in [2.24, 2.45) is 0 Å². The molecule has 0 saturated carbocycles. The molecule has 0 aromatic heterocycles. The number of carbonyl (C=O) groups excluding carboxylic acids is 2. The van der Waals surface area contributed by atoms with E-state index in [4.69, 9.17) is 21.1 Å². The molecule has 1 aliphatic heterocycles. The van der Waals surface area contributed by atoms with Crippen molar-refractivity contribution in [2.75, 3.05) is 6.61 Å². The van der Waals surface area contributed by atoms with Gasteiger partial charge in [-0.25, -0.2) is 4.79 Å². The molecule has 1 saturated heterocycles. The molecule has 0 spiro atoms. The molecule has 0 bridgehead atoms. The van der Waals surface area contributed by atoms with Gasteiger partial charge in [-0.2, -0.15) is 0 Å². The maximum Gasteiger partial charge on any atom is 0.415 e. The van der Waals surface area contributed by atoms with Crippen LogP contribution in [0.4, 0.5) is 4.79 Å². The summed E-state index contributed by atoms with van der Waals surface area (Å²) in [4.78, 5) is 23.3. The lowest BCUT2D eigenvalue weighted by atomic mass is 9.85. The van der Waals surface area contributed by atoms with Crippen LogP contribution < -0.4 is 10.1 Å². The zero-order valence-corrected chi connectivity index (χ0v) is 12.5. The molecule has 5 nitrogen and oxygen atoms in total. The van der Waals surface area contributed by atoms with Gasteiger partial charge in [0.1, 0.15) is 5.75 Å². The van der Waals surface area contributed by atoms with Crippen LogP contribution in [0.25, 0.3) is 0 Å². The van der Waals surface area contributed by atoms with Gasteiger partial charge < -0.3 is 9.47 Å². The SMILES string of the molecule is CCOc1c(Cl)cc2c(c1C1OC(=O)NC1=O)CCCC2. The van der Waals surface area contributed by atoms with E-state index in [9.17, 15) is 9.59 Å². The van der Waals surface area contributed by atoms with Gasteiger partial charge in [0.05, 0.1) is 11.6 Å². The predicted octanol–water partition coefficient (Wildman–Crippen LogP) is 2.93. The molecular weight excluding hydrogens is 294 g/mol. The standard InChI is InChI=1S/C15H16ClNO4/c1-2-20-12-10(16)7-8-5-3-4-6-9(8)11(12)13-14(18)17-15(19)21-13/h7,13H,2-6H2,1H3,(H,17,18,19). The number of hydrogen-bond donors (Lipinski definition) is 1. The molecule has 1 unspecified atom stereocenters. The molecular formula is C15H16ClNO4. The van der Waals surface area contributed by atoms with Gasteiger partial charge in [0.25, 0.3) is 5.91 Å². The average molecular weight is 310 g/mol. The van der Waals surface area contributed by atoms with Crippen molar-refractivity contribution >= 4 is 23.6 Å². The summed E-state index contributed by atoms with van der Waals surface area (Å²) >= 11 is 6.31. The first-order valence-corrected chi connectivity index (χ1v) is 7.48. The number of ether oxygens (including phenoxy) is 2. The van der Waals surface area contributed by atoms with Crippen molar-refractivity contribution < 1.29 is 19.1 Å². The van der Waals surface area contributed by atoms with Gasteiger partial charge >= 0.3 is 6.09 Å². The molecule has 6 heteroatoms. The number of aryl methyl sites for hydroxylation is 1. The van der Waals surface area contributed by atoms with Crippen molar-refractivity contribution in [3.05, 3.63) is 27.8 Å². The lowest BCUT2D eigenvalue weighted by Crippen LogP contribution is -2.22. The third kappa shape index (κ3) is 2.46. The van der Waals surface area contributed by atoms with Crippen LogP contribution >= 0.6 is 11.6 Å². The third-order valence-corrected chi connectivity index (χ3v) is 4.12. The Morgan fingerprint density at radius 2 is 2.14 bits per heavy atom. The summed E-state index contributed by atoms with van der Waals surface area (Å²) in [5.74, 6) is -0.00865. The molecule has 1 aliphatic carbocycles. The summed E-state index contributed by atoms with van der Waals surface area (Å²) in [6, 6.07) is 1.90. The number of fused-ring (bicyclic) bond motifs is 1. The Morgan fingerprint density at radius 3 is 2.81 bits per heavy atom. The number of cyclic esters (lactones) is 1. The summed E-state index contributed by atoms with van der Waals surface area (Å²) in [5, 5.41) is 2.62. The fourth-order valence-corrected chi connectivity index (χ4v) is 3.28. The summed E-state index contributed by atoms with van der Waals surface area (Å²) < 4.78 is 10.8. The molecule has 3 rings (SSSR count). The van der Waals surface area contributed by atoms with Crippen molar-refractivity contribution in [1.29, 1.82) is 0 Å². The van der Waals surface area contributed by atoms with E-state index < -0.39 is 18.1 Å². The second-order valence-corrected chi connectivity index (χ2v) is 5.56. The fourth-order valence-electron chi connectivity index (χ4n) is 2.99. The molecule has 1 aromatic rings. The number of carbonyl (C=O) groups is 2. The second-order valence-electron chi connectivity index (χ2n) is 5.15. The van der Waals surface area contributed by atoms with Gasteiger partial charge in [-0.15, -0.1) is 0 Å². The van der Waals surface area contributed by atoms with Crippen LogP contribution in [0, 0.1) is 0 Å². The largest absolute Gasteiger partial charge is 0.492 e. The van der Waals surface area contributed by atoms with Gasteiger partial charge in [0.15, 0.2) is 0 Å². The van der Waals surface area contributed by atoms with Crippen LogP contribution in [0.3, 0.4) is 0 Å². The first-order chi connectivity index (χ1) is 10.1. The molecule has 1 N–H and O–H groups in total. The Hall–Kier alpha value is -1.75. The van der Waals surface area contributed by atoms with Crippen molar-refractivity contribution in [3.63, 3.8) is 0 Å². The monoisotopic (exact) mass is 309 g/mol. The minimum absolute atomic E-state index is 0.424. The smallest absolute Gasteiger partial charge is 0.415 e. The Labute approximate surface area is 127 Å². The maximum atomic E-state index is 12.0. The second kappa shape index (κ2) is 5.56. The van der Waals surface area contributed by atoms with E-state index in [1.165, 1.54) is 0 Å². The van der Waals surface area contributed by atoms with Crippen LogP contribution in [-0.2, 0) is 22.4 Å². The van der Waals surface area contributed by atoms with Crippen LogP contribution in [-0.4, -0.2) is 18.6 Å². The van der Waals surface area contributed by atoms with Crippen molar-refractivity contribution in [3.8, 4) is 5.75 Å². The van der Waals surface area contributed by atoms with E-state index in [2.05, 4.69) is 5.32 Å². The minimum atomic E-state index is -0.968. The van der Waals surface area contributed by atoms with Crippen LogP contribution in [0.1, 0.15) is 42.6 Å². The van der Waals surface area contributed by atoms with Crippen LogP contribution in [0.2, 0.25) is 5.02 Å². The normalized spacial score (nSPS) is 20.8. The first-order valence-electron chi connectivity index (χ1n) is 7.10. The average Bonchev–Trinajstić information content (AvgIpc) is 2.78.